The van der Waals surface area contributed by atoms with Crippen LogP contribution in [0, 0.1) is 12.8 Å². The Balaban J connectivity index is 1.27. The zero-order valence-electron chi connectivity index (χ0n) is 18.5. The molecule has 2 saturated heterocycles. The van der Waals surface area contributed by atoms with Crippen LogP contribution in [-0.2, 0) is 4.79 Å². The zero-order valence-corrected chi connectivity index (χ0v) is 18.5. The van der Waals surface area contributed by atoms with Crippen LogP contribution in [0.2, 0.25) is 0 Å². The summed E-state index contributed by atoms with van der Waals surface area (Å²) >= 11 is 0. The van der Waals surface area contributed by atoms with Gasteiger partial charge in [0, 0.05) is 43.9 Å². The van der Waals surface area contributed by atoms with Crippen molar-refractivity contribution < 1.29 is 9.59 Å². The number of fused-ring (bicyclic) bond motifs is 1. The van der Waals surface area contributed by atoms with Gasteiger partial charge in [-0.15, -0.1) is 10.2 Å². The van der Waals surface area contributed by atoms with Crippen LogP contribution in [0.5, 0.6) is 0 Å². The molecule has 2 aliphatic rings. The number of amides is 2. The molecule has 0 aliphatic carbocycles. The Bertz CT molecular complexity index is 1120. The highest BCUT2D eigenvalue weighted by Crippen LogP contribution is 2.29. The van der Waals surface area contributed by atoms with Crippen LogP contribution in [0.3, 0.4) is 0 Å². The highest BCUT2D eigenvalue weighted by atomic mass is 16.2. The summed E-state index contributed by atoms with van der Waals surface area (Å²) in [6.45, 7) is 4.66. The van der Waals surface area contributed by atoms with E-state index < -0.39 is 0 Å². The molecule has 166 valence electrons. The lowest BCUT2D eigenvalue weighted by molar-refractivity contribution is -0.138. The second kappa shape index (κ2) is 8.73. The number of rotatable bonds is 3. The van der Waals surface area contributed by atoms with Gasteiger partial charge in [0.15, 0.2) is 5.65 Å². The number of benzene rings is 1. The number of hydrogen-bond donors (Lipinski definition) is 0. The fourth-order valence-electron chi connectivity index (χ4n) is 5.03. The van der Waals surface area contributed by atoms with E-state index in [1.807, 2.05) is 69.8 Å². The van der Waals surface area contributed by atoms with Gasteiger partial charge >= 0.3 is 0 Å². The maximum absolute atomic E-state index is 13.4. The summed E-state index contributed by atoms with van der Waals surface area (Å²) in [4.78, 5) is 30.2. The molecule has 0 radical (unpaired) electrons. The molecular weight excluding hydrogens is 402 g/mol. The summed E-state index contributed by atoms with van der Waals surface area (Å²) in [6, 6.07) is 13.6. The van der Waals surface area contributed by atoms with E-state index in [9.17, 15) is 9.59 Å². The molecule has 1 aromatic carbocycles. The van der Waals surface area contributed by atoms with Gasteiger partial charge in [0.25, 0.3) is 5.91 Å². The van der Waals surface area contributed by atoms with E-state index in [2.05, 4.69) is 10.2 Å². The van der Waals surface area contributed by atoms with Crippen molar-refractivity contribution in [2.75, 3.05) is 26.2 Å². The Kier molecular flexibility index (Phi) is 5.64. The number of nitrogens with zero attached hydrogens (tertiary/aromatic N) is 5. The number of likely N-dealkylation sites (tertiary alicyclic amines) is 2. The Labute approximate surface area is 188 Å². The van der Waals surface area contributed by atoms with E-state index in [0.29, 0.717) is 25.2 Å². The number of aromatic nitrogens is 3. The Hall–Kier alpha value is -3.22. The molecule has 2 atom stereocenters. The number of hydrogen-bond acceptors (Lipinski definition) is 4. The van der Waals surface area contributed by atoms with Crippen LogP contribution < -0.4 is 0 Å². The molecule has 2 amide bonds. The third kappa shape index (κ3) is 3.99. The van der Waals surface area contributed by atoms with E-state index >= 15 is 0 Å². The fraction of sp³-hybridized carbons (Fsp3) is 0.440. The predicted octanol–water partition coefficient (Wildman–Crippen LogP) is 3.30. The average molecular weight is 432 g/mol. The summed E-state index contributed by atoms with van der Waals surface area (Å²) in [5.74, 6) is 1.17. The molecule has 32 heavy (non-hydrogen) atoms. The largest absolute Gasteiger partial charge is 0.342 e. The van der Waals surface area contributed by atoms with Crippen LogP contribution in [0.15, 0.2) is 48.7 Å². The van der Waals surface area contributed by atoms with Crippen LogP contribution in [0.25, 0.3) is 5.65 Å². The minimum Gasteiger partial charge on any atom is -0.342 e. The molecule has 0 N–H and O–H groups in total. The second-order valence-corrected chi connectivity index (χ2v) is 9.07. The Morgan fingerprint density at radius 3 is 2.53 bits per heavy atom. The van der Waals surface area contributed by atoms with Crippen LogP contribution in [0.4, 0.5) is 0 Å². The summed E-state index contributed by atoms with van der Waals surface area (Å²) < 4.78 is 2.03. The number of piperidine rings is 2. The monoisotopic (exact) mass is 431 g/mol. The van der Waals surface area contributed by atoms with Crippen molar-refractivity contribution in [1.82, 2.24) is 24.4 Å². The van der Waals surface area contributed by atoms with Crippen LogP contribution in [-0.4, -0.2) is 62.4 Å². The minimum atomic E-state index is -0.132. The molecule has 0 bridgehead atoms. The minimum absolute atomic E-state index is 0.0222. The maximum atomic E-state index is 13.4. The maximum Gasteiger partial charge on any atom is 0.253 e. The first-order valence-corrected chi connectivity index (χ1v) is 11.5. The third-order valence-corrected chi connectivity index (χ3v) is 6.79. The summed E-state index contributed by atoms with van der Waals surface area (Å²) in [7, 11) is 0. The summed E-state index contributed by atoms with van der Waals surface area (Å²) in [6.07, 6.45) is 5.64. The highest BCUT2D eigenvalue weighted by molar-refractivity contribution is 5.94. The molecule has 2 aliphatic heterocycles. The number of aryl methyl sites for hydroxylation is 1. The summed E-state index contributed by atoms with van der Waals surface area (Å²) in [5, 5.41) is 8.70. The van der Waals surface area contributed by atoms with Gasteiger partial charge < -0.3 is 9.80 Å². The van der Waals surface area contributed by atoms with E-state index in [1.165, 1.54) is 0 Å². The molecule has 0 spiro atoms. The highest BCUT2D eigenvalue weighted by Gasteiger charge is 2.34. The van der Waals surface area contributed by atoms with Crippen molar-refractivity contribution in [2.45, 2.75) is 38.5 Å². The van der Waals surface area contributed by atoms with Crippen molar-refractivity contribution in [3.63, 3.8) is 0 Å². The van der Waals surface area contributed by atoms with Gasteiger partial charge in [-0.05, 0) is 56.9 Å². The first-order valence-electron chi connectivity index (χ1n) is 11.5. The first-order chi connectivity index (χ1) is 15.6. The Morgan fingerprint density at radius 1 is 0.906 bits per heavy atom. The quantitative estimate of drug-likeness (QED) is 0.638. The SMILES string of the molecule is Cc1ccc(C(=O)N2CCC[C@@H](C(=O)N3CCC[C@@H](c4nnc5ccccn45)C3)C2)cc1. The fourth-order valence-corrected chi connectivity index (χ4v) is 5.03. The molecule has 2 fully saturated rings. The molecule has 0 unspecified atom stereocenters. The van der Waals surface area contributed by atoms with Gasteiger partial charge in [0.1, 0.15) is 5.82 Å². The standard InChI is InChI=1S/C25H29N5O2/c1-18-9-11-19(12-10-18)24(31)29-14-5-7-21(17-29)25(32)28-13-4-6-20(16-28)23-27-26-22-8-2-3-15-30(22)23/h2-3,8-12,15,20-21H,4-7,13-14,16-17H2,1H3/t20-,21-/m1/s1. The van der Waals surface area contributed by atoms with Crippen molar-refractivity contribution in [1.29, 1.82) is 0 Å². The van der Waals surface area contributed by atoms with E-state index in [4.69, 9.17) is 0 Å². The molecule has 5 rings (SSSR count). The van der Waals surface area contributed by atoms with Crippen molar-refractivity contribution in [3.05, 3.63) is 65.6 Å². The molecule has 0 saturated carbocycles. The van der Waals surface area contributed by atoms with Gasteiger partial charge in [0.05, 0.1) is 5.92 Å². The molecule has 4 heterocycles. The van der Waals surface area contributed by atoms with Gasteiger partial charge in [-0.3, -0.25) is 14.0 Å². The molecule has 3 aromatic rings. The van der Waals surface area contributed by atoms with Crippen molar-refractivity contribution in [2.24, 2.45) is 5.92 Å². The van der Waals surface area contributed by atoms with E-state index in [-0.39, 0.29) is 23.7 Å². The lowest BCUT2D eigenvalue weighted by Gasteiger charge is -2.38. The van der Waals surface area contributed by atoms with Crippen molar-refractivity contribution in [3.8, 4) is 0 Å². The van der Waals surface area contributed by atoms with Gasteiger partial charge in [-0.1, -0.05) is 23.8 Å². The number of pyridine rings is 1. The summed E-state index contributed by atoms with van der Waals surface area (Å²) in [5.41, 5.74) is 2.66. The number of carbonyl (C=O) groups is 2. The van der Waals surface area contributed by atoms with Gasteiger partial charge in [0.2, 0.25) is 5.91 Å². The van der Waals surface area contributed by atoms with Crippen molar-refractivity contribution >= 4 is 17.5 Å². The van der Waals surface area contributed by atoms with Crippen LogP contribution >= 0.6 is 0 Å². The number of carbonyl (C=O) groups excluding carboxylic acids is 2. The van der Waals surface area contributed by atoms with E-state index in [1.54, 1.807) is 0 Å². The predicted molar refractivity (Wildman–Crippen MR) is 121 cm³/mol. The lowest BCUT2D eigenvalue weighted by Crippen LogP contribution is -2.49. The molecule has 7 heteroatoms. The van der Waals surface area contributed by atoms with Gasteiger partial charge in [-0.2, -0.15) is 0 Å². The average Bonchev–Trinajstić information content (AvgIpc) is 3.28. The molecule has 2 aromatic heterocycles. The normalized spacial score (nSPS) is 21.7. The smallest absolute Gasteiger partial charge is 0.253 e. The Morgan fingerprint density at radius 2 is 1.69 bits per heavy atom. The molecular formula is C25H29N5O2. The lowest BCUT2D eigenvalue weighted by atomic mass is 9.92. The third-order valence-electron chi connectivity index (χ3n) is 6.79. The van der Waals surface area contributed by atoms with Gasteiger partial charge in [-0.25, -0.2) is 0 Å². The second-order valence-electron chi connectivity index (χ2n) is 9.07. The molecule has 7 nitrogen and oxygen atoms in total. The zero-order chi connectivity index (χ0) is 22.1. The first kappa shape index (κ1) is 20.7. The topological polar surface area (TPSA) is 70.8 Å². The van der Waals surface area contributed by atoms with Crippen LogP contribution in [0.1, 0.15) is 53.3 Å². The van der Waals surface area contributed by atoms with E-state index in [0.717, 1.165) is 49.3 Å².